The molecule has 2 rings (SSSR count). The summed E-state index contributed by atoms with van der Waals surface area (Å²) in [6.45, 7) is 4.44. The topological polar surface area (TPSA) is 99.8 Å². The van der Waals surface area contributed by atoms with Crippen LogP contribution in [0.25, 0.3) is 0 Å². The number of carboxylic acids is 1. The molecule has 0 unspecified atom stereocenters. The van der Waals surface area contributed by atoms with Gasteiger partial charge in [0.2, 0.25) is 5.43 Å². The second-order valence-electron chi connectivity index (χ2n) is 4.47. The number of aromatic nitrogens is 1. The lowest BCUT2D eigenvalue weighted by Gasteiger charge is -2.34. The van der Waals surface area contributed by atoms with E-state index in [-0.39, 0.29) is 11.7 Å². The van der Waals surface area contributed by atoms with Gasteiger partial charge in [0.05, 0.1) is 0 Å². The molecule has 0 spiro atoms. The Bertz CT molecular complexity index is 619. The lowest BCUT2D eigenvalue weighted by atomic mass is 10.1. The van der Waals surface area contributed by atoms with E-state index in [1.54, 1.807) is 13.8 Å². The van der Waals surface area contributed by atoms with Crippen molar-refractivity contribution in [2.75, 3.05) is 13.1 Å². The maximum Gasteiger partial charge on any atom is 0.341 e. The Labute approximate surface area is 108 Å². The first kappa shape index (κ1) is 13.1. The van der Waals surface area contributed by atoms with Gasteiger partial charge in [-0.15, -0.1) is 0 Å². The molecule has 7 heteroatoms. The molecule has 1 aliphatic rings. The van der Waals surface area contributed by atoms with E-state index in [1.165, 1.54) is 9.47 Å². The summed E-state index contributed by atoms with van der Waals surface area (Å²) in [5, 5.41) is 18.8. The number of hydrogen-bond donors (Lipinski definition) is 2. The van der Waals surface area contributed by atoms with Crippen LogP contribution in [0.5, 0.6) is 5.75 Å². The van der Waals surface area contributed by atoms with Crippen molar-refractivity contribution in [2.24, 2.45) is 0 Å². The maximum atomic E-state index is 12.1. The Kier molecular flexibility index (Phi) is 3.05. The van der Waals surface area contributed by atoms with Crippen LogP contribution in [0.15, 0.2) is 11.0 Å². The number of aromatic hydroxyl groups is 1. The van der Waals surface area contributed by atoms with Gasteiger partial charge in [0.25, 0.3) is 5.91 Å². The molecular formula is C12H14N2O5. The van der Waals surface area contributed by atoms with Crippen LogP contribution in [0.4, 0.5) is 0 Å². The quantitative estimate of drug-likeness (QED) is 0.801. The molecule has 1 amide bonds. The highest BCUT2D eigenvalue weighted by Gasteiger charge is 2.33. The van der Waals surface area contributed by atoms with Gasteiger partial charge < -0.3 is 19.7 Å². The fourth-order valence-electron chi connectivity index (χ4n) is 2.24. The fourth-order valence-corrected chi connectivity index (χ4v) is 2.24. The predicted molar refractivity (Wildman–Crippen MR) is 65.6 cm³/mol. The first-order valence-electron chi connectivity index (χ1n) is 5.89. The van der Waals surface area contributed by atoms with Crippen LogP contribution in [0.3, 0.4) is 0 Å². The minimum absolute atomic E-state index is 0.143. The molecule has 1 aliphatic heterocycles. The van der Waals surface area contributed by atoms with E-state index >= 15 is 0 Å². The number of carbonyl (C=O) groups is 2. The molecule has 0 radical (unpaired) electrons. The number of rotatable bonds is 2. The van der Waals surface area contributed by atoms with Gasteiger partial charge in [0.1, 0.15) is 5.56 Å². The summed E-state index contributed by atoms with van der Waals surface area (Å²) in [6.07, 6.45) is 1.12. The van der Waals surface area contributed by atoms with Crippen LogP contribution in [0.1, 0.15) is 40.7 Å². The van der Waals surface area contributed by atoms with Gasteiger partial charge in [-0.05, 0) is 13.8 Å². The number of likely N-dealkylation sites (N-methyl/N-ethyl adjacent to an activating group) is 1. The first-order valence-corrected chi connectivity index (χ1v) is 5.89. The lowest BCUT2D eigenvalue weighted by molar-refractivity contribution is 0.0658. The summed E-state index contributed by atoms with van der Waals surface area (Å²) in [5.74, 6) is -2.68. The van der Waals surface area contributed by atoms with Crippen molar-refractivity contribution in [3.05, 3.63) is 27.7 Å². The molecule has 1 aromatic rings. The van der Waals surface area contributed by atoms with Crippen molar-refractivity contribution < 1.29 is 19.8 Å². The SMILES string of the molecule is CCN1C[C@H](C)n2cc(C(=O)O)c(=O)c(O)c2C1=O. The molecule has 1 atom stereocenters. The van der Waals surface area contributed by atoms with Gasteiger partial charge in [0, 0.05) is 25.3 Å². The monoisotopic (exact) mass is 266 g/mol. The highest BCUT2D eigenvalue weighted by molar-refractivity contribution is 5.97. The van der Waals surface area contributed by atoms with Gasteiger partial charge in [-0.25, -0.2) is 4.79 Å². The molecule has 0 aromatic carbocycles. The van der Waals surface area contributed by atoms with Gasteiger partial charge >= 0.3 is 5.97 Å². The molecule has 0 saturated heterocycles. The Morgan fingerprint density at radius 3 is 2.63 bits per heavy atom. The first-order chi connectivity index (χ1) is 8.88. The standard InChI is InChI=1S/C12H14N2O5/c1-3-13-4-6(2)14-5-7(12(18)19)9(15)10(16)8(14)11(13)17/h5-6,16H,3-4H2,1-2H3,(H,18,19)/t6-/m0/s1. The number of fused-ring (bicyclic) bond motifs is 1. The number of carboxylic acid groups (broad SMARTS) is 1. The molecule has 102 valence electrons. The molecule has 7 nitrogen and oxygen atoms in total. The number of hydrogen-bond acceptors (Lipinski definition) is 4. The summed E-state index contributed by atoms with van der Waals surface area (Å²) < 4.78 is 1.36. The summed E-state index contributed by atoms with van der Waals surface area (Å²) in [7, 11) is 0. The largest absolute Gasteiger partial charge is 0.503 e. The molecule has 0 aliphatic carbocycles. The van der Waals surface area contributed by atoms with Crippen LogP contribution in [0.2, 0.25) is 0 Å². The molecule has 0 bridgehead atoms. The van der Waals surface area contributed by atoms with Crippen LogP contribution >= 0.6 is 0 Å². The zero-order chi connectivity index (χ0) is 14.3. The van der Waals surface area contributed by atoms with Gasteiger partial charge in [-0.3, -0.25) is 9.59 Å². The Hall–Kier alpha value is -2.31. The normalized spacial score (nSPS) is 18.3. The molecular weight excluding hydrogens is 252 g/mol. The molecule has 1 aromatic heterocycles. The highest BCUT2D eigenvalue weighted by atomic mass is 16.4. The van der Waals surface area contributed by atoms with Gasteiger partial charge in [-0.2, -0.15) is 0 Å². The van der Waals surface area contributed by atoms with Gasteiger partial charge in [0.15, 0.2) is 11.4 Å². The second-order valence-corrected chi connectivity index (χ2v) is 4.47. The number of nitrogens with zero attached hydrogens (tertiary/aromatic N) is 2. The van der Waals surface area contributed by atoms with E-state index in [0.717, 1.165) is 6.20 Å². The van der Waals surface area contributed by atoms with Crippen LogP contribution in [-0.2, 0) is 0 Å². The minimum Gasteiger partial charge on any atom is -0.503 e. The molecule has 0 fully saturated rings. The summed E-state index contributed by atoms with van der Waals surface area (Å²) in [4.78, 5) is 36.3. The predicted octanol–water partition coefficient (Wildman–Crippen LogP) is 0.289. The fraction of sp³-hybridized carbons (Fsp3) is 0.417. The molecule has 0 saturated carbocycles. The van der Waals surface area contributed by atoms with Gasteiger partial charge in [-0.1, -0.05) is 0 Å². The van der Waals surface area contributed by atoms with Crippen LogP contribution in [-0.4, -0.2) is 44.6 Å². The Morgan fingerprint density at radius 1 is 1.47 bits per heavy atom. The van der Waals surface area contributed by atoms with E-state index in [1.807, 2.05) is 0 Å². The Balaban J connectivity index is 2.74. The van der Waals surface area contributed by atoms with E-state index in [4.69, 9.17) is 5.11 Å². The average Bonchev–Trinajstić information content (AvgIpc) is 2.36. The number of carbonyl (C=O) groups excluding carboxylic acids is 1. The summed E-state index contributed by atoms with van der Waals surface area (Å²) in [6, 6.07) is -0.211. The molecule has 19 heavy (non-hydrogen) atoms. The van der Waals surface area contributed by atoms with E-state index in [0.29, 0.717) is 13.1 Å². The van der Waals surface area contributed by atoms with Crippen molar-refractivity contribution in [1.29, 1.82) is 0 Å². The molecule has 2 N–H and O–H groups in total. The zero-order valence-corrected chi connectivity index (χ0v) is 10.6. The third-order valence-electron chi connectivity index (χ3n) is 3.27. The van der Waals surface area contributed by atoms with Crippen LogP contribution < -0.4 is 5.43 Å². The smallest absolute Gasteiger partial charge is 0.341 e. The van der Waals surface area contributed by atoms with Crippen molar-refractivity contribution in [1.82, 2.24) is 9.47 Å². The molecule has 2 heterocycles. The third kappa shape index (κ3) is 1.87. The number of aromatic carboxylic acids is 1. The van der Waals surface area contributed by atoms with E-state index in [9.17, 15) is 19.5 Å². The van der Waals surface area contributed by atoms with E-state index < -0.39 is 28.6 Å². The third-order valence-corrected chi connectivity index (χ3v) is 3.27. The zero-order valence-electron chi connectivity index (χ0n) is 10.6. The van der Waals surface area contributed by atoms with Crippen molar-refractivity contribution in [3.63, 3.8) is 0 Å². The van der Waals surface area contributed by atoms with Crippen molar-refractivity contribution in [2.45, 2.75) is 19.9 Å². The number of amides is 1. The van der Waals surface area contributed by atoms with Crippen LogP contribution in [0, 0.1) is 0 Å². The number of pyridine rings is 1. The van der Waals surface area contributed by atoms with Crippen molar-refractivity contribution >= 4 is 11.9 Å². The highest BCUT2D eigenvalue weighted by Crippen LogP contribution is 2.25. The van der Waals surface area contributed by atoms with Crippen molar-refractivity contribution in [3.8, 4) is 5.75 Å². The Morgan fingerprint density at radius 2 is 2.11 bits per heavy atom. The summed E-state index contributed by atoms with van der Waals surface area (Å²) in [5.41, 5.74) is -1.71. The summed E-state index contributed by atoms with van der Waals surface area (Å²) >= 11 is 0. The lowest BCUT2D eigenvalue weighted by Crippen LogP contribution is -2.43. The second kappa shape index (κ2) is 4.42. The van der Waals surface area contributed by atoms with E-state index in [2.05, 4.69) is 0 Å². The average molecular weight is 266 g/mol. The minimum atomic E-state index is -1.42. The maximum absolute atomic E-state index is 12.1.